The van der Waals surface area contributed by atoms with Crippen molar-refractivity contribution in [2.75, 3.05) is 7.11 Å². The van der Waals surface area contributed by atoms with Gasteiger partial charge in [0.1, 0.15) is 23.8 Å². The van der Waals surface area contributed by atoms with Crippen molar-refractivity contribution >= 4 is 17.8 Å². The number of hydrogen-bond donors (Lipinski definition) is 1. The van der Waals surface area contributed by atoms with Gasteiger partial charge in [0.25, 0.3) is 5.91 Å². The van der Waals surface area contributed by atoms with Crippen molar-refractivity contribution in [2.24, 2.45) is 5.92 Å². The first-order valence-electron chi connectivity index (χ1n) is 12.7. The van der Waals surface area contributed by atoms with E-state index < -0.39 is 47.5 Å². The van der Waals surface area contributed by atoms with Gasteiger partial charge >= 0.3 is 11.9 Å². The van der Waals surface area contributed by atoms with E-state index in [0.29, 0.717) is 11.1 Å². The van der Waals surface area contributed by atoms with E-state index in [1.165, 1.54) is 50.6 Å². The van der Waals surface area contributed by atoms with Crippen molar-refractivity contribution in [1.29, 1.82) is 0 Å². The molecule has 0 spiro atoms. The van der Waals surface area contributed by atoms with Crippen LogP contribution in [0.2, 0.25) is 0 Å². The third-order valence-electron chi connectivity index (χ3n) is 6.08. The molecule has 1 amide bonds. The lowest BCUT2D eigenvalue weighted by Crippen LogP contribution is -2.44. The van der Waals surface area contributed by atoms with Gasteiger partial charge in [0.05, 0.1) is 7.11 Å². The summed E-state index contributed by atoms with van der Waals surface area (Å²) < 4.78 is 43.5. The molecule has 3 aromatic rings. The molecular weight excluding hydrogens is 522 g/mol. The molecule has 0 fully saturated rings. The predicted molar refractivity (Wildman–Crippen MR) is 143 cm³/mol. The Kier molecular flexibility index (Phi) is 10.3. The maximum Gasteiger partial charge on any atom is 0.328 e. The van der Waals surface area contributed by atoms with Crippen LogP contribution in [0.4, 0.5) is 8.78 Å². The van der Waals surface area contributed by atoms with Gasteiger partial charge in [-0.2, -0.15) is 0 Å². The van der Waals surface area contributed by atoms with Crippen LogP contribution in [-0.2, 0) is 14.3 Å². The largest absolute Gasteiger partial charge is 0.493 e. The van der Waals surface area contributed by atoms with E-state index in [0.717, 1.165) is 0 Å². The van der Waals surface area contributed by atoms with Crippen molar-refractivity contribution in [3.05, 3.63) is 89.2 Å². The van der Waals surface area contributed by atoms with Gasteiger partial charge in [-0.15, -0.1) is 0 Å². The van der Waals surface area contributed by atoms with E-state index in [2.05, 4.69) is 10.3 Å². The van der Waals surface area contributed by atoms with Gasteiger partial charge in [0.15, 0.2) is 11.4 Å². The number of amides is 1. The summed E-state index contributed by atoms with van der Waals surface area (Å²) in [6, 6.07) is 11.8. The molecule has 0 aliphatic carbocycles. The number of hydrogen-bond acceptors (Lipinski definition) is 7. The quantitative estimate of drug-likeness (QED) is 0.325. The number of esters is 2. The summed E-state index contributed by atoms with van der Waals surface area (Å²) in [5, 5.41) is 2.65. The number of benzene rings is 2. The van der Waals surface area contributed by atoms with Crippen LogP contribution < -0.4 is 14.8 Å². The van der Waals surface area contributed by atoms with Crippen molar-refractivity contribution in [2.45, 2.75) is 52.2 Å². The Bertz CT molecular complexity index is 1280. The van der Waals surface area contributed by atoms with Crippen LogP contribution in [0.15, 0.2) is 60.8 Å². The summed E-state index contributed by atoms with van der Waals surface area (Å²) in [6.45, 7) is 6.60. The fourth-order valence-corrected chi connectivity index (χ4v) is 4.32. The number of nitrogens with one attached hydrogen (secondary N) is 1. The van der Waals surface area contributed by atoms with Crippen LogP contribution in [0.5, 0.6) is 11.5 Å². The zero-order valence-electron chi connectivity index (χ0n) is 22.9. The molecule has 1 N–H and O–H groups in total. The minimum atomic E-state index is -1.07. The smallest absolute Gasteiger partial charge is 0.328 e. The third-order valence-corrected chi connectivity index (χ3v) is 6.08. The number of rotatable bonds is 11. The molecular formula is C30H32F2N2O6. The first-order chi connectivity index (χ1) is 19.0. The highest BCUT2D eigenvalue weighted by Crippen LogP contribution is 2.32. The molecule has 2 aromatic carbocycles. The highest BCUT2D eigenvalue weighted by Gasteiger charge is 2.31. The Morgan fingerprint density at radius 2 is 1.45 bits per heavy atom. The molecule has 1 aromatic heterocycles. The lowest BCUT2D eigenvalue weighted by Gasteiger charge is -2.28. The molecule has 8 nitrogen and oxygen atoms in total. The van der Waals surface area contributed by atoms with Crippen molar-refractivity contribution in [3.8, 4) is 11.5 Å². The average Bonchev–Trinajstić information content (AvgIpc) is 2.90. The molecule has 0 radical (unpaired) electrons. The molecule has 1 heterocycles. The summed E-state index contributed by atoms with van der Waals surface area (Å²) in [5.74, 6) is -3.61. The van der Waals surface area contributed by atoms with E-state index in [-0.39, 0.29) is 29.5 Å². The van der Waals surface area contributed by atoms with Gasteiger partial charge in [-0.3, -0.25) is 9.59 Å². The molecule has 40 heavy (non-hydrogen) atoms. The Labute approximate surface area is 231 Å². The van der Waals surface area contributed by atoms with Crippen LogP contribution >= 0.6 is 0 Å². The number of nitrogens with zero attached hydrogens (tertiary/aromatic N) is 1. The average molecular weight is 555 g/mol. The number of carbonyl (C=O) groups is 3. The Morgan fingerprint density at radius 3 is 1.93 bits per heavy atom. The number of ether oxygens (including phenoxy) is 3. The number of pyridine rings is 1. The molecule has 0 unspecified atom stereocenters. The van der Waals surface area contributed by atoms with Crippen LogP contribution in [0, 0.1) is 17.6 Å². The summed E-state index contributed by atoms with van der Waals surface area (Å²) in [6.07, 6.45) is 0.776. The number of carbonyl (C=O) groups excluding carboxylic acids is 3. The normalized spacial score (nSPS) is 12.5. The molecule has 0 bridgehead atoms. The van der Waals surface area contributed by atoms with Crippen LogP contribution in [0.25, 0.3) is 0 Å². The lowest BCUT2D eigenvalue weighted by molar-refractivity contribution is -0.151. The van der Waals surface area contributed by atoms with E-state index in [9.17, 15) is 23.2 Å². The highest BCUT2D eigenvalue weighted by atomic mass is 19.1. The second-order valence-electron chi connectivity index (χ2n) is 9.66. The first-order valence-corrected chi connectivity index (χ1v) is 12.7. The van der Waals surface area contributed by atoms with Gasteiger partial charge in [0.2, 0.25) is 5.75 Å². The van der Waals surface area contributed by atoms with E-state index in [4.69, 9.17) is 14.2 Å². The summed E-state index contributed by atoms with van der Waals surface area (Å²) >= 11 is 0. The summed E-state index contributed by atoms with van der Waals surface area (Å²) in [5.41, 5.74) is 1.08. The Morgan fingerprint density at radius 1 is 0.900 bits per heavy atom. The van der Waals surface area contributed by atoms with Gasteiger partial charge in [-0.05, 0) is 54.7 Å². The molecule has 0 saturated heterocycles. The standard InChI is InChI=1S/C30H32F2N2O6/c1-17(2)16-24(34-29(36)27-28(40-19(4)35)25(38-5)14-15-33-27)30(37)39-18(3)26(20-6-10-22(31)11-7-20)21-8-12-23(32)13-9-21/h6-15,17-18,24,26H,16H2,1-5H3,(H,34,36)/t18-,24-/m0/s1. The first kappa shape index (κ1) is 30.2. The molecule has 3 rings (SSSR count). The maximum absolute atomic E-state index is 13.6. The number of methoxy groups -OCH3 is 1. The molecule has 0 aliphatic rings. The minimum Gasteiger partial charge on any atom is -0.493 e. The third kappa shape index (κ3) is 7.84. The molecule has 212 valence electrons. The maximum atomic E-state index is 13.6. The Hall–Kier alpha value is -4.34. The van der Waals surface area contributed by atoms with Gasteiger partial charge in [-0.25, -0.2) is 18.6 Å². The lowest BCUT2D eigenvalue weighted by atomic mass is 9.87. The summed E-state index contributed by atoms with van der Waals surface area (Å²) in [4.78, 5) is 42.3. The van der Waals surface area contributed by atoms with Crippen LogP contribution in [0.1, 0.15) is 61.6 Å². The molecule has 10 heteroatoms. The van der Waals surface area contributed by atoms with E-state index in [1.807, 2.05) is 13.8 Å². The number of halogens is 2. The van der Waals surface area contributed by atoms with Crippen molar-refractivity contribution in [3.63, 3.8) is 0 Å². The second kappa shape index (κ2) is 13.6. The molecule has 0 aliphatic heterocycles. The highest BCUT2D eigenvalue weighted by molar-refractivity contribution is 5.98. The monoisotopic (exact) mass is 554 g/mol. The van der Waals surface area contributed by atoms with Gasteiger partial charge in [-0.1, -0.05) is 38.1 Å². The zero-order valence-corrected chi connectivity index (χ0v) is 22.9. The summed E-state index contributed by atoms with van der Waals surface area (Å²) in [7, 11) is 1.35. The van der Waals surface area contributed by atoms with Gasteiger partial charge < -0.3 is 19.5 Å². The Balaban J connectivity index is 1.88. The second-order valence-corrected chi connectivity index (χ2v) is 9.66. The molecule has 0 saturated carbocycles. The van der Waals surface area contributed by atoms with Crippen molar-refractivity contribution < 1.29 is 37.4 Å². The van der Waals surface area contributed by atoms with E-state index in [1.54, 1.807) is 31.2 Å². The van der Waals surface area contributed by atoms with Crippen LogP contribution in [0.3, 0.4) is 0 Å². The zero-order chi connectivity index (χ0) is 29.4. The van der Waals surface area contributed by atoms with Crippen molar-refractivity contribution in [1.82, 2.24) is 10.3 Å². The SMILES string of the molecule is COc1ccnc(C(=O)N[C@@H](CC(C)C)C(=O)O[C@@H](C)C(c2ccc(F)cc2)c2ccc(F)cc2)c1OC(C)=O. The number of aromatic nitrogens is 1. The van der Waals surface area contributed by atoms with Gasteiger partial charge in [0, 0.05) is 25.1 Å². The van der Waals surface area contributed by atoms with E-state index >= 15 is 0 Å². The fraction of sp³-hybridized carbons (Fsp3) is 0.333. The fourth-order valence-electron chi connectivity index (χ4n) is 4.32. The topological polar surface area (TPSA) is 104 Å². The van der Waals surface area contributed by atoms with Crippen LogP contribution in [-0.4, -0.2) is 42.1 Å². The molecule has 2 atom stereocenters. The predicted octanol–water partition coefficient (Wildman–Crippen LogP) is 5.20. The minimum absolute atomic E-state index is 0.00985.